The average molecular weight is 354 g/mol. The van der Waals surface area contributed by atoms with E-state index in [-0.39, 0.29) is 22.4 Å². The molecule has 132 valence electrons. The third kappa shape index (κ3) is 4.57. The summed E-state index contributed by atoms with van der Waals surface area (Å²) in [6.45, 7) is 0. The van der Waals surface area contributed by atoms with Crippen LogP contribution in [0, 0.1) is 0 Å². The quantitative estimate of drug-likeness (QED) is 0.567. The Balaban J connectivity index is 0.000000209. The lowest BCUT2D eigenvalue weighted by Gasteiger charge is -2.01. The highest BCUT2D eigenvalue weighted by atomic mass is 16.4. The summed E-state index contributed by atoms with van der Waals surface area (Å²) in [5.74, 6) is -2.90. The Hall–Kier alpha value is -3.87. The van der Waals surface area contributed by atoms with Gasteiger partial charge in [-0.1, -0.05) is 12.1 Å². The fourth-order valence-electron chi connectivity index (χ4n) is 2.12. The van der Waals surface area contributed by atoms with E-state index in [1.165, 1.54) is 48.5 Å². The first kappa shape index (κ1) is 18.5. The standard InChI is InChI=1S/C12H8O4.C7H6O3/c13-11(14)9-3-1-7-5-10(12(15)16)4-2-8(7)6-9;8-6-3-1-5(2-4-6)7(9)10/h1-6H,(H,13,14)(H,15,16);1-4,8H,(H,9,10). The van der Waals surface area contributed by atoms with E-state index in [0.29, 0.717) is 10.8 Å². The summed E-state index contributed by atoms with van der Waals surface area (Å²) in [6, 6.07) is 14.5. The molecule has 4 N–H and O–H groups in total. The molecule has 3 aromatic rings. The van der Waals surface area contributed by atoms with Gasteiger partial charge in [-0.25, -0.2) is 14.4 Å². The maximum Gasteiger partial charge on any atom is 0.335 e. The molecule has 0 bridgehead atoms. The number of hydrogen-bond acceptors (Lipinski definition) is 4. The molecule has 0 atom stereocenters. The fourth-order valence-corrected chi connectivity index (χ4v) is 2.12. The molecule has 0 saturated carbocycles. The summed E-state index contributed by atoms with van der Waals surface area (Å²) in [7, 11) is 0. The summed E-state index contributed by atoms with van der Waals surface area (Å²) in [5.41, 5.74) is 0.559. The van der Waals surface area contributed by atoms with Crippen molar-refractivity contribution in [2.24, 2.45) is 0 Å². The van der Waals surface area contributed by atoms with Crippen LogP contribution in [0.15, 0.2) is 60.7 Å². The molecule has 0 heterocycles. The fraction of sp³-hybridized carbons (Fsp3) is 0. The lowest BCUT2D eigenvalue weighted by atomic mass is 10.0. The Morgan fingerprint density at radius 2 is 0.885 bits per heavy atom. The van der Waals surface area contributed by atoms with Gasteiger partial charge in [0.1, 0.15) is 5.75 Å². The smallest absolute Gasteiger partial charge is 0.335 e. The predicted molar refractivity (Wildman–Crippen MR) is 92.9 cm³/mol. The van der Waals surface area contributed by atoms with E-state index in [1.807, 2.05) is 0 Å². The SMILES string of the molecule is O=C(O)c1ccc(O)cc1.O=C(O)c1ccc2cc(C(=O)O)ccc2c1. The van der Waals surface area contributed by atoms with Crippen molar-refractivity contribution in [3.63, 3.8) is 0 Å². The van der Waals surface area contributed by atoms with E-state index >= 15 is 0 Å². The molecule has 0 radical (unpaired) electrons. The first-order valence-electron chi connectivity index (χ1n) is 7.30. The van der Waals surface area contributed by atoms with Crippen LogP contribution in [-0.4, -0.2) is 38.3 Å². The van der Waals surface area contributed by atoms with Gasteiger partial charge in [-0.2, -0.15) is 0 Å². The van der Waals surface area contributed by atoms with E-state index in [0.717, 1.165) is 0 Å². The van der Waals surface area contributed by atoms with Crippen LogP contribution in [0.3, 0.4) is 0 Å². The number of hydrogen-bond donors (Lipinski definition) is 4. The Morgan fingerprint density at radius 1 is 0.538 bits per heavy atom. The Bertz CT molecular complexity index is 922. The Kier molecular flexibility index (Phi) is 5.54. The van der Waals surface area contributed by atoms with Gasteiger partial charge in [0, 0.05) is 0 Å². The lowest BCUT2D eigenvalue weighted by Crippen LogP contribution is -1.97. The lowest BCUT2D eigenvalue weighted by molar-refractivity contribution is 0.0686. The molecule has 3 rings (SSSR count). The number of carbonyl (C=O) groups is 3. The number of carboxylic acid groups (broad SMARTS) is 3. The second kappa shape index (κ2) is 7.80. The first-order valence-corrected chi connectivity index (χ1v) is 7.30. The number of phenols is 1. The van der Waals surface area contributed by atoms with Crippen molar-refractivity contribution in [2.75, 3.05) is 0 Å². The minimum Gasteiger partial charge on any atom is -0.508 e. The van der Waals surface area contributed by atoms with Crippen molar-refractivity contribution in [1.29, 1.82) is 0 Å². The Labute approximate surface area is 147 Å². The van der Waals surface area contributed by atoms with Crippen LogP contribution >= 0.6 is 0 Å². The number of carboxylic acids is 3. The third-order valence-electron chi connectivity index (χ3n) is 3.45. The van der Waals surface area contributed by atoms with Crippen molar-refractivity contribution < 1.29 is 34.8 Å². The second-order valence-electron chi connectivity index (χ2n) is 5.24. The number of fused-ring (bicyclic) bond motifs is 1. The minimum atomic E-state index is -0.996. The highest BCUT2D eigenvalue weighted by Gasteiger charge is 2.06. The average Bonchev–Trinajstić information content (AvgIpc) is 2.61. The van der Waals surface area contributed by atoms with Crippen molar-refractivity contribution in [3.05, 3.63) is 77.4 Å². The normalized spacial score (nSPS) is 9.85. The Morgan fingerprint density at radius 3 is 1.23 bits per heavy atom. The molecule has 7 heteroatoms. The zero-order valence-corrected chi connectivity index (χ0v) is 13.3. The van der Waals surface area contributed by atoms with Gasteiger partial charge in [-0.05, 0) is 59.3 Å². The van der Waals surface area contributed by atoms with Crippen LogP contribution in [0.1, 0.15) is 31.1 Å². The van der Waals surface area contributed by atoms with Gasteiger partial charge in [-0.15, -0.1) is 0 Å². The van der Waals surface area contributed by atoms with Crippen molar-refractivity contribution >= 4 is 28.7 Å². The van der Waals surface area contributed by atoms with Crippen LogP contribution in [0.25, 0.3) is 10.8 Å². The number of phenolic OH excluding ortho intramolecular Hbond substituents is 1. The largest absolute Gasteiger partial charge is 0.508 e. The van der Waals surface area contributed by atoms with Crippen LogP contribution in [-0.2, 0) is 0 Å². The highest BCUT2D eigenvalue weighted by molar-refractivity contribution is 5.98. The molecule has 0 aromatic heterocycles. The minimum absolute atomic E-state index is 0.0741. The molecular weight excluding hydrogens is 340 g/mol. The number of aromatic hydroxyl groups is 1. The van der Waals surface area contributed by atoms with Crippen molar-refractivity contribution in [1.82, 2.24) is 0 Å². The number of rotatable bonds is 3. The van der Waals surface area contributed by atoms with Gasteiger partial charge >= 0.3 is 17.9 Å². The second-order valence-corrected chi connectivity index (χ2v) is 5.24. The van der Waals surface area contributed by atoms with Gasteiger partial charge < -0.3 is 20.4 Å². The molecule has 0 fully saturated rings. The summed E-state index contributed by atoms with van der Waals surface area (Å²) >= 11 is 0. The molecule has 0 spiro atoms. The maximum absolute atomic E-state index is 10.7. The van der Waals surface area contributed by atoms with Gasteiger partial charge in [0.15, 0.2) is 0 Å². The number of benzene rings is 3. The maximum atomic E-state index is 10.7. The van der Waals surface area contributed by atoms with Crippen LogP contribution in [0.4, 0.5) is 0 Å². The molecule has 26 heavy (non-hydrogen) atoms. The third-order valence-corrected chi connectivity index (χ3v) is 3.45. The number of aromatic carboxylic acids is 3. The van der Waals surface area contributed by atoms with E-state index in [9.17, 15) is 14.4 Å². The predicted octanol–water partition coefficient (Wildman–Crippen LogP) is 3.33. The monoisotopic (exact) mass is 354 g/mol. The summed E-state index contributed by atoms with van der Waals surface area (Å²) < 4.78 is 0. The molecule has 0 aliphatic rings. The van der Waals surface area contributed by atoms with E-state index in [1.54, 1.807) is 12.1 Å². The van der Waals surface area contributed by atoms with E-state index < -0.39 is 17.9 Å². The van der Waals surface area contributed by atoms with E-state index in [2.05, 4.69) is 0 Å². The zero-order chi connectivity index (χ0) is 19.3. The summed E-state index contributed by atoms with van der Waals surface area (Å²) in [5, 5.41) is 36.2. The van der Waals surface area contributed by atoms with Gasteiger partial charge in [-0.3, -0.25) is 0 Å². The molecule has 0 saturated heterocycles. The van der Waals surface area contributed by atoms with Crippen LogP contribution < -0.4 is 0 Å². The summed E-state index contributed by atoms with van der Waals surface area (Å²) in [6.07, 6.45) is 0. The zero-order valence-electron chi connectivity index (χ0n) is 13.3. The van der Waals surface area contributed by atoms with Gasteiger partial charge in [0.05, 0.1) is 16.7 Å². The van der Waals surface area contributed by atoms with E-state index in [4.69, 9.17) is 20.4 Å². The van der Waals surface area contributed by atoms with Crippen LogP contribution in [0.2, 0.25) is 0 Å². The van der Waals surface area contributed by atoms with Gasteiger partial charge in [0.25, 0.3) is 0 Å². The molecule has 0 amide bonds. The van der Waals surface area contributed by atoms with Gasteiger partial charge in [0.2, 0.25) is 0 Å². The molecule has 0 aliphatic heterocycles. The first-order chi connectivity index (χ1) is 12.3. The summed E-state index contributed by atoms with van der Waals surface area (Å²) in [4.78, 5) is 31.7. The molecule has 0 aliphatic carbocycles. The molecular formula is C19H14O7. The molecule has 0 unspecified atom stereocenters. The topological polar surface area (TPSA) is 132 Å². The van der Waals surface area contributed by atoms with Crippen molar-refractivity contribution in [2.45, 2.75) is 0 Å². The highest BCUT2D eigenvalue weighted by Crippen LogP contribution is 2.18. The van der Waals surface area contributed by atoms with Crippen molar-refractivity contribution in [3.8, 4) is 5.75 Å². The molecule has 7 nitrogen and oxygen atoms in total. The van der Waals surface area contributed by atoms with Crippen LogP contribution in [0.5, 0.6) is 5.75 Å². The molecule has 3 aromatic carbocycles.